The van der Waals surface area contributed by atoms with E-state index in [2.05, 4.69) is 23.9 Å². The van der Waals surface area contributed by atoms with Crippen molar-refractivity contribution in [1.29, 1.82) is 0 Å². The van der Waals surface area contributed by atoms with Crippen molar-refractivity contribution in [2.24, 2.45) is 23.7 Å². The molecule has 5 heteroatoms. The van der Waals surface area contributed by atoms with Crippen molar-refractivity contribution in [2.45, 2.75) is 46.2 Å². The highest BCUT2D eigenvalue weighted by Crippen LogP contribution is 2.51. The predicted molar refractivity (Wildman–Crippen MR) is 76.1 cm³/mol. The van der Waals surface area contributed by atoms with Gasteiger partial charge in [-0.3, -0.25) is 4.79 Å². The molecule has 1 saturated heterocycles. The molecule has 2 rings (SSSR count). The number of ether oxygens (including phenoxy) is 1. The van der Waals surface area contributed by atoms with Crippen molar-refractivity contribution in [3.05, 3.63) is 0 Å². The van der Waals surface area contributed by atoms with Gasteiger partial charge in [0.2, 0.25) is 5.91 Å². The number of hydrogen-bond acceptors (Lipinski definition) is 3. The number of nitrogens with one attached hydrogen (secondary N) is 1. The third-order valence-corrected chi connectivity index (χ3v) is 4.56. The van der Waals surface area contributed by atoms with Gasteiger partial charge in [0.15, 0.2) is 0 Å². The van der Waals surface area contributed by atoms with Gasteiger partial charge in [-0.1, -0.05) is 27.7 Å². The normalized spacial score (nSPS) is 29.4. The smallest absolute Gasteiger partial charge is 0.407 e. The van der Waals surface area contributed by atoms with Crippen LogP contribution >= 0.6 is 0 Å². The number of carbonyl (C=O) groups excluding carboxylic acids is 2. The van der Waals surface area contributed by atoms with Gasteiger partial charge >= 0.3 is 6.09 Å². The summed E-state index contributed by atoms with van der Waals surface area (Å²) >= 11 is 0. The second kappa shape index (κ2) is 5.62. The fourth-order valence-electron chi connectivity index (χ4n) is 3.47. The Hall–Kier alpha value is -1.26. The van der Waals surface area contributed by atoms with E-state index in [1.807, 2.05) is 18.7 Å². The van der Waals surface area contributed by atoms with Crippen LogP contribution in [0.15, 0.2) is 0 Å². The fourth-order valence-corrected chi connectivity index (χ4v) is 3.47. The molecule has 20 heavy (non-hydrogen) atoms. The number of piperidine rings is 1. The Bertz CT molecular complexity index is 395. The molecule has 0 spiro atoms. The highest BCUT2D eigenvalue weighted by atomic mass is 16.5. The Morgan fingerprint density at radius 2 is 1.90 bits per heavy atom. The summed E-state index contributed by atoms with van der Waals surface area (Å²) in [6.07, 6.45) is 0.714. The molecule has 0 aromatic rings. The Morgan fingerprint density at radius 1 is 1.25 bits per heavy atom. The van der Waals surface area contributed by atoms with Gasteiger partial charge in [-0.15, -0.1) is 0 Å². The molecular weight excluding hydrogens is 256 g/mol. The molecule has 1 heterocycles. The van der Waals surface area contributed by atoms with Gasteiger partial charge in [0, 0.05) is 12.6 Å². The Kier molecular flexibility index (Phi) is 4.25. The first-order valence-corrected chi connectivity index (χ1v) is 7.51. The molecule has 114 valence electrons. The van der Waals surface area contributed by atoms with Crippen LogP contribution in [-0.2, 0) is 9.53 Å². The van der Waals surface area contributed by atoms with Crippen LogP contribution in [-0.4, -0.2) is 42.6 Å². The van der Waals surface area contributed by atoms with Crippen molar-refractivity contribution < 1.29 is 14.3 Å². The largest absolute Gasteiger partial charge is 0.453 e. The molecule has 4 atom stereocenters. The van der Waals surface area contributed by atoms with E-state index in [1.54, 1.807) is 0 Å². The van der Waals surface area contributed by atoms with E-state index in [4.69, 9.17) is 0 Å². The summed E-state index contributed by atoms with van der Waals surface area (Å²) in [4.78, 5) is 26.2. The fraction of sp³-hybridized carbons (Fsp3) is 0.867. The Balaban J connectivity index is 2.09. The highest BCUT2D eigenvalue weighted by molar-refractivity contribution is 5.86. The predicted octanol–water partition coefficient (Wildman–Crippen LogP) is 1.87. The van der Waals surface area contributed by atoms with Gasteiger partial charge in [0.25, 0.3) is 0 Å². The first-order chi connectivity index (χ1) is 9.36. The van der Waals surface area contributed by atoms with E-state index in [0.29, 0.717) is 23.8 Å². The SMILES string of the molecule is COC(=O)NC(C(=O)N1CC2CC2C1C(C)C)C(C)C. The topological polar surface area (TPSA) is 58.6 Å². The third-order valence-electron chi connectivity index (χ3n) is 4.56. The average molecular weight is 282 g/mol. The van der Waals surface area contributed by atoms with Crippen LogP contribution in [0.2, 0.25) is 0 Å². The molecule has 0 bridgehead atoms. The standard InChI is InChI=1S/C15H26N2O3/c1-8(2)12(16-15(19)20-5)14(18)17-7-10-6-11(10)13(17)9(3)4/h8-13H,6-7H2,1-5H3,(H,16,19). The minimum atomic E-state index is -0.539. The lowest BCUT2D eigenvalue weighted by Crippen LogP contribution is -2.54. The number of amides is 2. The quantitative estimate of drug-likeness (QED) is 0.856. The van der Waals surface area contributed by atoms with Crippen molar-refractivity contribution in [1.82, 2.24) is 10.2 Å². The minimum absolute atomic E-state index is 0.0382. The maximum atomic E-state index is 12.8. The van der Waals surface area contributed by atoms with Gasteiger partial charge in [0.1, 0.15) is 6.04 Å². The van der Waals surface area contributed by atoms with E-state index in [0.717, 1.165) is 6.54 Å². The highest BCUT2D eigenvalue weighted by Gasteiger charge is 2.55. The van der Waals surface area contributed by atoms with Crippen LogP contribution in [0.4, 0.5) is 4.79 Å². The number of fused-ring (bicyclic) bond motifs is 1. The molecule has 0 aromatic carbocycles. The van der Waals surface area contributed by atoms with E-state index < -0.39 is 12.1 Å². The van der Waals surface area contributed by atoms with Crippen molar-refractivity contribution >= 4 is 12.0 Å². The van der Waals surface area contributed by atoms with Crippen LogP contribution in [0.1, 0.15) is 34.1 Å². The number of likely N-dealkylation sites (tertiary alicyclic amines) is 1. The second-order valence-electron chi connectivity index (χ2n) is 6.74. The molecule has 1 aliphatic carbocycles. The van der Waals surface area contributed by atoms with Gasteiger partial charge in [-0.05, 0) is 30.1 Å². The summed E-state index contributed by atoms with van der Waals surface area (Å²) in [6, 6.07) is -0.172. The molecule has 2 amide bonds. The molecule has 2 aliphatic rings. The van der Waals surface area contributed by atoms with E-state index in [1.165, 1.54) is 13.5 Å². The molecule has 2 fully saturated rings. The summed E-state index contributed by atoms with van der Waals surface area (Å²) in [7, 11) is 1.32. The number of carbonyl (C=O) groups is 2. The Morgan fingerprint density at radius 3 is 2.40 bits per heavy atom. The minimum Gasteiger partial charge on any atom is -0.453 e. The zero-order valence-electron chi connectivity index (χ0n) is 13.1. The monoisotopic (exact) mass is 282 g/mol. The van der Waals surface area contributed by atoms with E-state index in [9.17, 15) is 9.59 Å². The van der Waals surface area contributed by atoms with Gasteiger partial charge in [0.05, 0.1) is 7.11 Å². The number of methoxy groups -OCH3 is 1. The molecule has 1 N–H and O–H groups in total. The van der Waals surface area contributed by atoms with Crippen molar-refractivity contribution in [2.75, 3.05) is 13.7 Å². The zero-order valence-corrected chi connectivity index (χ0v) is 13.1. The first kappa shape index (κ1) is 15.1. The first-order valence-electron chi connectivity index (χ1n) is 7.51. The summed E-state index contributed by atoms with van der Waals surface area (Å²) < 4.78 is 4.63. The maximum Gasteiger partial charge on any atom is 0.407 e. The maximum absolute atomic E-state index is 12.8. The van der Waals surface area contributed by atoms with Crippen molar-refractivity contribution in [3.8, 4) is 0 Å². The molecule has 0 aromatic heterocycles. The van der Waals surface area contributed by atoms with Crippen LogP contribution < -0.4 is 5.32 Å². The van der Waals surface area contributed by atoms with Crippen LogP contribution in [0.3, 0.4) is 0 Å². The molecule has 4 unspecified atom stereocenters. The molecule has 5 nitrogen and oxygen atoms in total. The van der Waals surface area contributed by atoms with E-state index >= 15 is 0 Å². The summed E-state index contributed by atoms with van der Waals surface area (Å²) in [5, 5.41) is 2.68. The lowest BCUT2D eigenvalue weighted by Gasteiger charge is -2.34. The van der Waals surface area contributed by atoms with E-state index in [-0.39, 0.29) is 11.8 Å². The summed E-state index contributed by atoms with van der Waals surface area (Å²) in [5.41, 5.74) is 0. The number of nitrogens with zero attached hydrogens (tertiary/aromatic N) is 1. The second-order valence-corrected chi connectivity index (χ2v) is 6.74. The molecular formula is C15H26N2O3. The third kappa shape index (κ3) is 2.76. The van der Waals surface area contributed by atoms with Crippen molar-refractivity contribution in [3.63, 3.8) is 0 Å². The average Bonchev–Trinajstić information content (AvgIpc) is 3.04. The van der Waals surface area contributed by atoms with Gasteiger partial charge in [-0.25, -0.2) is 4.79 Å². The lowest BCUT2D eigenvalue weighted by atomic mass is 9.97. The van der Waals surface area contributed by atoms with Crippen LogP contribution in [0, 0.1) is 23.7 Å². The number of alkyl carbamates (subject to hydrolysis) is 1. The van der Waals surface area contributed by atoms with Gasteiger partial charge in [-0.2, -0.15) is 0 Å². The van der Waals surface area contributed by atoms with Gasteiger partial charge < -0.3 is 15.0 Å². The molecule has 1 aliphatic heterocycles. The summed E-state index contributed by atoms with van der Waals surface area (Å²) in [6.45, 7) is 9.07. The number of hydrogen-bond donors (Lipinski definition) is 1. The summed E-state index contributed by atoms with van der Waals surface area (Å²) in [5.74, 6) is 1.90. The molecule has 1 saturated carbocycles. The van der Waals surface area contributed by atoms with Crippen LogP contribution in [0.5, 0.6) is 0 Å². The number of rotatable bonds is 4. The molecule has 0 radical (unpaired) electrons. The zero-order chi connectivity index (χ0) is 15.0. The lowest BCUT2D eigenvalue weighted by molar-refractivity contribution is -0.136. The van der Waals surface area contributed by atoms with Crippen LogP contribution in [0.25, 0.3) is 0 Å². The Labute approximate surface area is 121 Å².